The van der Waals surface area contributed by atoms with Crippen molar-refractivity contribution >= 4 is 11.9 Å². The second-order valence-electron chi connectivity index (χ2n) is 5.32. The van der Waals surface area contributed by atoms with Crippen molar-refractivity contribution in [3.8, 4) is 11.5 Å². The highest BCUT2D eigenvalue weighted by molar-refractivity contribution is 5.91. The Balaban J connectivity index is 1.98. The summed E-state index contributed by atoms with van der Waals surface area (Å²) in [6, 6.07) is 10.4. The van der Waals surface area contributed by atoms with Crippen LogP contribution in [0.25, 0.3) is 0 Å². The van der Waals surface area contributed by atoms with Gasteiger partial charge in [-0.15, -0.1) is 0 Å². The predicted octanol–water partition coefficient (Wildman–Crippen LogP) is 3.81. The third kappa shape index (κ3) is 5.17. The number of rotatable bonds is 6. The highest BCUT2D eigenvalue weighted by Gasteiger charge is 2.15. The molecule has 2 aromatic carbocycles. The Hall–Kier alpha value is -3.15. The van der Waals surface area contributed by atoms with E-state index in [1.54, 1.807) is 24.3 Å². The Morgan fingerprint density at radius 1 is 1.08 bits per heavy atom. The van der Waals surface area contributed by atoms with Gasteiger partial charge in [0, 0.05) is 11.6 Å². The average Bonchev–Trinajstić information content (AvgIpc) is 2.56. The third-order valence-electron chi connectivity index (χ3n) is 3.16. The number of carbonyl (C=O) groups excluding carboxylic acids is 2. The van der Waals surface area contributed by atoms with Crippen LogP contribution in [0.15, 0.2) is 54.6 Å². The zero-order valence-electron chi connectivity index (χ0n) is 13.9. The van der Waals surface area contributed by atoms with Gasteiger partial charge in [-0.05, 0) is 38.1 Å². The Morgan fingerprint density at radius 3 is 2.32 bits per heavy atom. The minimum absolute atomic E-state index is 0.110. The molecule has 130 valence electrons. The van der Waals surface area contributed by atoms with E-state index in [0.717, 1.165) is 11.6 Å². The number of carbonyl (C=O) groups is 2. The van der Waals surface area contributed by atoms with Crippen molar-refractivity contribution in [1.82, 2.24) is 0 Å². The largest absolute Gasteiger partial charge is 0.457 e. The summed E-state index contributed by atoms with van der Waals surface area (Å²) in [5, 5.41) is 0. The monoisotopic (exact) mass is 344 g/mol. The highest BCUT2D eigenvalue weighted by Crippen LogP contribution is 2.19. The van der Waals surface area contributed by atoms with Gasteiger partial charge in [0.15, 0.2) is 0 Å². The summed E-state index contributed by atoms with van der Waals surface area (Å²) >= 11 is 0. The quantitative estimate of drug-likeness (QED) is 0.345. The Kier molecular flexibility index (Phi) is 5.89. The first-order chi connectivity index (χ1) is 11.9. The molecule has 0 bridgehead atoms. The lowest BCUT2D eigenvalue weighted by Crippen LogP contribution is -2.12. The molecule has 5 nitrogen and oxygen atoms in total. The fourth-order valence-electron chi connectivity index (χ4n) is 1.79. The lowest BCUT2D eigenvalue weighted by atomic mass is 10.2. The van der Waals surface area contributed by atoms with E-state index in [1.165, 1.54) is 19.1 Å². The molecule has 0 aromatic heterocycles. The first-order valence-electron chi connectivity index (χ1n) is 7.40. The van der Waals surface area contributed by atoms with Gasteiger partial charge in [-0.25, -0.2) is 14.0 Å². The first-order valence-corrected chi connectivity index (χ1v) is 7.40. The van der Waals surface area contributed by atoms with Crippen LogP contribution in [0.3, 0.4) is 0 Å². The van der Waals surface area contributed by atoms with Gasteiger partial charge in [0.1, 0.15) is 17.3 Å². The summed E-state index contributed by atoms with van der Waals surface area (Å²) in [4.78, 5) is 23.2. The van der Waals surface area contributed by atoms with E-state index < -0.39 is 24.5 Å². The maximum absolute atomic E-state index is 14.1. The molecule has 0 aliphatic carbocycles. The summed E-state index contributed by atoms with van der Waals surface area (Å²) in [7, 11) is 0. The van der Waals surface area contributed by atoms with Gasteiger partial charge < -0.3 is 14.2 Å². The molecular weight excluding hydrogens is 327 g/mol. The molecule has 6 heteroatoms. The number of benzene rings is 2. The standard InChI is InChI=1S/C19H17FO5/c1-12(2)18(21)24-11-23-15-8-9-16(17(20)10-15)19(22)25-14-6-4-13(3)5-7-14/h4-10H,1,11H2,2-3H3. The van der Waals surface area contributed by atoms with Gasteiger partial charge in [0.2, 0.25) is 6.79 Å². The fourth-order valence-corrected chi connectivity index (χ4v) is 1.79. The van der Waals surface area contributed by atoms with E-state index in [1.807, 2.05) is 6.92 Å². The van der Waals surface area contributed by atoms with Crippen LogP contribution in [-0.2, 0) is 9.53 Å². The number of halogens is 1. The normalized spacial score (nSPS) is 10.0. The van der Waals surface area contributed by atoms with Gasteiger partial charge in [-0.2, -0.15) is 0 Å². The molecule has 2 aromatic rings. The number of hydrogen-bond acceptors (Lipinski definition) is 5. The smallest absolute Gasteiger partial charge is 0.346 e. The molecule has 0 spiro atoms. The van der Waals surface area contributed by atoms with E-state index in [0.29, 0.717) is 5.75 Å². The fraction of sp³-hybridized carbons (Fsp3) is 0.158. The molecular formula is C19H17FO5. The predicted molar refractivity (Wildman–Crippen MR) is 88.9 cm³/mol. The van der Waals surface area contributed by atoms with E-state index >= 15 is 0 Å². The average molecular weight is 344 g/mol. The second-order valence-corrected chi connectivity index (χ2v) is 5.32. The summed E-state index contributed by atoms with van der Waals surface area (Å²) in [6.07, 6.45) is 0. The maximum atomic E-state index is 14.1. The lowest BCUT2D eigenvalue weighted by Gasteiger charge is -2.09. The number of ether oxygens (including phenoxy) is 3. The summed E-state index contributed by atoms with van der Waals surface area (Å²) in [5.74, 6) is -1.80. The number of hydrogen-bond donors (Lipinski definition) is 0. The zero-order valence-corrected chi connectivity index (χ0v) is 13.9. The van der Waals surface area contributed by atoms with Crippen molar-refractivity contribution in [2.75, 3.05) is 6.79 Å². The van der Waals surface area contributed by atoms with Crippen molar-refractivity contribution in [3.05, 3.63) is 71.6 Å². The molecule has 0 fully saturated rings. The second kappa shape index (κ2) is 8.10. The molecule has 0 atom stereocenters. The van der Waals surface area contributed by atoms with Gasteiger partial charge in [0.05, 0.1) is 5.56 Å². The van der Waals surface area contributed by atoms with Crippen LogP contribution in [-0.4, -0.2) is 18.7 Å². The Morgan fingerprint density at radius 2 is 1.72 bits per heavy atom. The van der Waals surface area contributed by atoms with Crippen molar-refractivity contribution in [3.63, 3.8) is 0 Å². The summed E-state index contributed by atoms with van der Waals surface area (Å²) in [5.41, 5.74) is 1.01. The van der Waals surface area contributed by atoms with Crippen LogP contribution in [0.4, 0.5) is 4.39 Å². The molecule has 0 saturated carbocycles. The molecule has 0 heterocycles. The van der Waals surface area contributed by atoms with Crippen LogP contribution in [0.2, 0.25) is 0 Å². The van der Waals surface area contributed by atoms with Crippen molar-refractivity contribution in [1.29, 1.82) is 0 Å². The summed E-state index contributed by atoms with van der Waals surface area (Å²) in [6.45, 7) is 6.43. The lowest BCUT2D eigenvalue weighted by molar-refractivity contribution is -0.145. The molecule has 0 radical (unpaired) electrons. The summed E-state index contributed by atoms with van der Waals surface area (Å²) < 4.78 is 29.0. The Labute approximate surface area is 144 Å². The van der Waals surface area contributed by atoms with Gasteiger partial charge >= 0.3 is 11.9 Å². The number of esters is 2. The molecule has 0 N–H and O–H groups in total. The minimum Gasteiger partial charge on any atom is -0.457 e. The first kappa shape index (κ1) is 18.2. The van der Waals surface area contributed by atoms with Crippen LogP contribution in [0, 0.1) is 12.7 Å². The van der Waals surface area contributed by atoms with Crippen LogP contribution in [0.5, 0.6) is 11.5 Å². The van der Waals surface area contributed by atoms with E-state index in [-0.39, 0.29) is 16.9 Å². The zero-order chi connectivity index (χ0) is 18.4. The van der Waals surface area contributed by atoms with Crippen LogP contribution < -0.4 is 9.47 Å². The molecule has 2 rings (SSSR count). The molecule has 0 saturated heterocycles. The van der Waals surface area contributed by atoms with Crippen LogP contribution >= 0.6 is 0 Å². The van der Waals surface area contributed by atoms with Gasteiger partial charge in [-0.1, -0.05) is 24.3 Å². The molecule has 0 unspecified atom stereocenters. The number of aryl methyl sites for hydroxylation is 1. The molecule has 0 amide bonds. The van der Waals surface area contributed by atoms with Crippen molar-refractivity contribution < 1.29 is 28.2 Å². The molecule has 25 heavy (non-hydrogen) atoms. The third-order valence-corrected chi connectivity index (χ3v) is 3.16. The van der Waals surface area contributed by atoms with Crippen molar-refractivity contribution in [2.45, 2.75) is 13.8 Å². The maximum Gasteiger partial charge on any atom is 0.346 e. The topological polar surface area (TPSA) is 61.8 Å². The minimum atomic E-state index is -0.818. The van der Waals surface area contributed by atoms with E-state index in [2.05, 4.69) is 6.58 Å². The van der Waals surface area contributed by atoms with Crippen molar-refractivity contribution in [2.24, 2.45) is 0 Å². The Bertz CT molecular complexity index is 796. The SMILES string of the molecule is C=C(C)C(=O)OCOc1ccc(C(=O)Oc2ccc(C)cc2)c(F)c1. The van der Waals surface area contributed by atoms with Gasteiger partial charge in [-0.3, -0.25) is 0 Å². The van der Waals surface area contributed by atoms with E-state index in [9.17, 15) is 14.0 Å². The molecule has 0 aliphatic heterocycles. The van der Waals surface area contributed by atoms with E-state index in [4.69, 9.17) is 14.2 Å². The van der Waals surface area contributed by atoms with Crippen LogP contribution in [0.1, 0.15) is 22.8 Å². The van der Waals surface area contributed by atoms with Gasteiger partial charge in [0.25, 0.3) is 0 Å². The molecule has 0 aliphatic rings. The highest BCUT2D eigenvalue weighted by atomic mass is 19.1.